The van der Waals surface area contributed by atoms with Crippen LogP contribution >= 0.6 is 0 Å². The van der Waals surface area contributed by atoms with Gasteiger partial charge in [0.25, 0.3) is 5.91 Å². The van der Waals surface area contributed by atoms with Gasteiger partial charge in [0.05, 0.1) is 12.9 Å². The van der Waals surface area contributed by atoms with Gasteiger partial charge in [0.2, 0.25) is 0 Å². The number of aromatic nitrogens is 4. The molecule has 0 aromatic carbocycles. The van der Waals surface area contributed by atoms with Crippen LogP contribution in [0.5, 0.6) is 0 Å². The number of amides is 1. The van der Waals surface area contributed by atoms with Gasteiger partial charge in [0.15, 0.2) is 23.3 Å². The van der Waals surface area contributed by atoms with Gasteiger partial charge in [-0.3, -0.25) is 9.36 Å². The van der Waals surface area contributed by atoms with Crippen LogP contribution in [0.15, 0.2) is 12.7 Å². The molecule has 2 aromatic rings. The average molecular weight is 292 g/mol. The number of carbonyl (C=O) groups is 1. The molecule has 2 aliphatic rings. The number of imidazole rings is 1. The maximum absolute atomic E-state index is 11.8. The number of fused-ring (bicyclic) bond motifs is 3. The summed E-state index contributed by atoms with van der Waals surface area (Å²) in [4.78, 5) is 23.9. The van der Waals surface area contributed by atoms with Gasteiger partial charge >= 0.3 is 0 Å². The summed E-state index contributed by atoms with van der Waals surface area (Å²) in [5, 5.41) is 22.2. The van der Waals surface area contributed by atoms with E-state index in [-0.39, 0.29) is 5.82 Å². The largest absolute Gasteiger partial charge is 0.393 e. The smallest absolute Gasteiger partial charge is 0.258 e. The van der Waals surface area contributed by atoms with E-state index >= 15 is 0 Å². The molecule has 21 heavy (non-hydrogen) atoms. The van der Waals surface area contributed by atoms with Gasteiger partial charge in [-0.15, -0.1) is 0 Å². The predicted octanol–water partition coefficient (Wildman–Crippen LogP) is -2.47. The summed E-state index contributed by atoms with van der Waals surface area (Å²) < 4.78 is 7.18. The second-order valence-electron chi connectivity index (χ2n) is 5.08. The first-order valence-electron chi connectivity index (χ1n) is 6.29. The molecule has 5 N–H and O–H groups in total. The fourth-order valence-corrected chi connectivity index (χ4v) is 2.90. The normalized spacial score (nSPS) is 34.6. The fraction of sp³-hybridized carbons (Fsp3) is 0.455. The molecule has 4 rings (SSSR count). The third kappa shape index (κ3) is 1.36. The van der Waals surface area contributed by atoms with Crippen LogP contribution in [-0.2, 0) is 9.53 Å². The highest BCUT2D eigenvalue weighted by Crippen LogP contribution is 2.42. The first-order chi connectivity index (χ1) is 10.1. The molecule has 1 amide bonds. The molecule has 0 radical (unpaired) electrons. The molecule has 0 saturated carbocycles. The van der Waals surface area contributed by atoms with Crippen LogP contribution < -0.4 is 11.1 Å². The highest BCUT2D eigenvalue weighted by Gasteiger charge is 2.66. The van der Waals surface area contributed by atoms with Crippen LogP contribution in [0, 0.1) is 0 Å². The highest BCUT2D eigenvalue weighted by molar-refractivity contribution is 5.90. The van der Waals surface area contributed by atoms with Crippen molar-refractivity contribution >= 4 is 22.9 Å². The molecule has 2 bridgehead atoms. The van der Waals surface area contributed by atoms with E-state index in [1.54, 1.807) is 4.57 Å². The van der Waals surface area contributed by atoms with Crippen molar-refractivity contribution in [3.63, 3.8) is 0 Å². The Labute approximate surface area is 117 Å². The monoisotopic (exact) mass is 292 g/mol. The Morgan fingerprint density at radius 1 is 1.48 bits per heavy atom. The quantitative estimate of drug-likeness (QED) is 0.475. The van der Waals surface area contributed by atoms with Gasteiger partial charge in [0, 0.05) is 0 Å². The number of hydrogen-bond donors (Lipinski definition) is 4. The molecule has 0 unspecified atom stereocenters. The molecule has 110 valence electrons. The molecule has 10 heteroatoms. The maximum Gasteiger partial charge on any atom is 0.258 e. The van der Waals surface area contributed by atoms with E-state index in [9.17, 15) is 15.0 Å². The average Bonchev–Trinajstić information content (AvgIpc) is 3.09. The lowest BCUT2D eigenvalue weighted by Gasteiger charge is -2.28. The van der Waals surface area contributed by atoms with E-state index < -0.39 is 36.5 Å². The molecular weight excluding hydrogens is 280 g/mol. The van der Waals surface area contributed by atoms with Gasteiger partial charge in [-0.25, -0.2) is 15.0 Å². The van der Waals surface area contributed by atoms with Gasteiger partial charge in [-0.1, -0.05) is 0 Å². The molecule has 0 spiro atoms. The van der Waals surface area contributed by atoms with Crippen molar-refractivity contribution in [3.05, 3.63) is 12.7 Å². The van der Waals surface area contributed by atoms with Crippen LogP contribution in [0.1, 0.15) is 6.23 Å². The molecule has 2 aromatic heterocycles. The topological polar surface area (TPSA) is 148 Å². The maximum atomic E-state index is 11.8. The molecular formula is C11H12N6O4. The Morgan fingerprint density at radius 2 is 2.29 bits per heavy atom. The van der Waals surface area contributed by atoms with Gasteiger partial charge in [-0.05, 0) is 0 Å². The van der Waals surface area contributed by atoms with E-state index in [2.05, 4.69) is 20.3 Å². The van der Waals surface area contributed by atoms with Crippen molar-refractivity contribution in [2.75, 3.05) is 12.3 Å². The number of carbonyl (C=O) groups excluding carboxylic acids is 1. The van der Waals surface area contributed by atoms with E-state index in [1.165, 1.54) is 12.7 Å². The SMILES string of the molecule is Nc1ncnc2c1ncn2[C@@H]1O[C@@]2(CO)C(=O)N[C@@H]1[C@@H]2O. The van der Waals surface area contributed by atoms with Crippen LogP contribution in [0.2, 0.25) is 0 Å². The third-order valence-electron chi connectivity index (χ3n) is 4.03. The van der Waals surface area contributed by atoms with Gasteiger partial charge < -0.3 is 26.0 Å². The Bertz CT molecular complexity index is 747. The number of anilines is 1. The standard InChI is InChI=1S/C11H12N6O4/c12-7-5-8(14-2-13-7)17(3-15-5)9-4-6(19)11(1-18,21-9)10(20)16-4/h2-4,6,9,18-19H,1H2,(H,16,20)(H2,12,13,14)/t4-,6+,9-,11-/m1/s1. The van der Waals surface area contributed by atoms with Crippen molar-refractivity contribution in [2.45, 2.75) is 24.0 Å². The molecule has 0 aliphatic carbocycles. The summed E-state index contributed by atoms with van der Waals surface area (Å²) in [6, 6.07) is -0.696. The number of rotatable bonds is 2. The first kappa shape index (κ1) is 12.4. The number of nitrogens with one attached hydrogen (secondary N) is 1. The van der Waals surface area contributed by atoms with E-state index in [0.29, 0.717) is 11.2 Å². The number of nitrogens with two attached hydrogens (primary N) is 1. The number of nitrogens with zero attached hydrogens (tertiary/aromatic N) is 4. The molecule has 4 atom stereocenters. The van der Waals surface area contributed by atoms with Crippen LogP contribution in [-0.4, -0.2) is 60.0 Å². The molecule has 10 nitrogen and oxygen atoms in total. The summed E-state index contributed by atoms with van der Waals surface area (Å²) in [5.41, 5.74) is 4.90. The highest BCUT2D eigenvalue weighted by atomic mass is 16.6. The zero-order valence-corrected chi connectivity index (χ0v) is 10.7. The molecule has 2 aliphatic heterocycles. The molecule has 4 heterocycles. The summed E-state index contributed by atoms with van der Waals surface area (Å²) >= 11 is 0. The number of ether oxygens (including phenoxy) is 1. The zero-order valence-electron chi connectivity index (χ0n) is 10.7. The zero-order chi connectivity index (χ0) is 14.8. The van der Waals surface area contributed by atoms with Gasteiger partial charge in [0.1, 0.15) is 24.0 Å². The Balaban J connectivity index is 1.82. The van der Waals surface area contributed by atoms with Crippen LogP contribution in [0.25, 0.3) is 11.2 Å². The number of morpholine rings is 1. The van der Waals surface area contributed by atoms with Crippen molar-refractivity contribution in [2.24, 2.45) is 0 Å². The Hall–Kier alpha value is -2.30. The third-order valence-corrected chi connectivity index (χ3v) is 4.03. The Kier molecular flexibility index (Phi) is 2.29. The van der Waals surface area contributed by atoms with E-state index in [1.807, 2.05) is 0 Å². The lowest BCUT2D eigenvalue weighted by Crippen LogP contribution is -2.51. The van der Waals surface area contributed by atoms with E-state index in [4.69, 9.17) is 10.5 Å². The minimum absolute atomic E-state index is 0.225. The lowest BCUT2D eigenvalue weighted by molar-refractivity contribution is -0.169. The molecule has 2 saturated heterocycles. The van der Waals surface area contributed by atoms with Crippen molar-refractivity contribution in [3.8, 4) is 0 Å². The predicted molar refractivity (Wildman–Crippen MR) is 67.6 cm³/mol. The second kappa shape index (κ2) is 3.87. The van der Waals surface area contributed by atoms with Gasteiger partial charge in [-0.2, -0.15) is 0 Å². The number of aliphatic hydroxyl groups excluding tert-OH is 2. The lowest BCUT2D eigenvalue weighted by atomic mass is 10.00. The second-order valence-corrected chi connectivity index (χ2v) is 5.08. The minimum atomic E-state index is -1.65. The number of hydrogen-bond acceptors (Lipinski definition) is 8. The Morgan fingerprint density at radius 3 is 3.00 bits per heavy atom. The summed E-state index contributed by atoms with van der Waals surface area (Å²) in [6.07, 6.45) is 0.853. The first-order valence-corrected chi connectivity index (χ1v) is 6.29. The number of nitrogen functional groups attached to an aromatic ring is 1. The fourth-order valence-electron chi connectivity index (χ4n) is 2.90. The van der Waals surface area contributed by atoms with Crippen LogP contribution in [0.3, 0.4) is 0 Å². The summed E-state index contributed by atoms with van der Waals surface area (Å²) in [5.74, 6) is -0.305. The van der Waals surface area contributed by atoms with Crippen molar-refractivity contribution in [1.82, 2.24) is 24.8 Å². The number of aliphatic hydroxyl groups is 2. The summed E-state index contributed by atoms with van der Waals surface area (Å²) in [7, 11) is 0. The molecule has 2 fully saturated rings. The van der Waals surface area contributed by atoms with Crippen molar-refractivity contribution < 1.29 is 19.7 Å². The summed E-state index contributed by atoms with van der Waals surface area (Å²) in [6.45, 7) is -0.614. The van der Waals surface area contributed by atoms with E-state index in [0.717, 1.165) is 0 Å². The van der Waals surface area contributed by atoms with Crippen LogP contribution in [0.4, 0.5) is 5.82 Å². The minimum Gasteiger partial charge on any atom is -0.393 e. The van der Waals surface area contributed by atoms with Crippen molar-refractivity contribution in [1.29, 1.82) is 0 Å².